The third-order valence-electron chi connectivity index (χ3n) is 5.08. The maximum absolute atomic E-state index is 11.1. The fourth-order valence-electron chi connectivity index (χ4n) is 2.94. The average molecular weight is 270 g/mol. The third kappa shape index (κ3) is 3.05. The molecule has 1 saturated carbocycles. The second-order valence-corrected chi connectivity index (χ2v) is 12.0. The predicted octanol–water partition coefficient (Wildman–Crippen LogP) is 4.55. The minimum Gasteiger partial charge on any atom is -0.411 e. The van der Waals surface area contributed by atoms with Crippen molar-refractivity contribution >= 4 is 14.6 Å². The summed E-state index contributed by atoms with van der Waals surface area (Å²) in [6.45, 7) is 13.6. The summed E-state index contributed by atoms with van der Waals surface area (Å²) in [5, 5.41) is 0.212. The number of hydrogen-bond acceptors (Lipinski definition) is 2. The fraction of sp³-hybridized carbons (Fsp3) is 0.933. The number of rotatable bonds is 5. The van der Waals surface area contributed by atoms with Gasteiger partial charge in [-0.05, 0) is 36.9 Å². The number of hydrogen-bond donors (Lipinski definition) is 0. The van der Waals surface area contributed by atoms with Crippen LogP contribution in [-0.2, 0) is 9.22 Å². The van der Waals surface area contributed by atoms with Crippen LogP contribution in [0.4, 0.5) is 0 Å². The minimum absolute atomic E-state index is 0.153. The zero-order valence-electron chi connectivity index (χ0n) is 13.0. The molecule has 1 aliphatic carbocycles. The monoisotopic (exact) mass is 270 g/mol. The Morgan fingerprint density at radius 3 is 2.44 bits per heavy atom. The molecule has 0 radical (unpaired) electrons. The lowest BCUT2D eigenvalue weighted by atomic mass is 9.86. The van der Waals surface area contributed by atoms with Crippen molar-refractivity contribution in [3.63, 3.8) is 0 Å². The highest BCUT2D eigenvalue weighted by Crippen LogP contribution is 2.48. The van der Waals surface area contributed by atoms with Gasteiger partial charge >= 0.3 is 0 Å². The molecule has 0 unspecified atom stereocenters. The second-order valence-electron chi connectivity index (χ2n) is 7.30. The first-order valence-corrected chi connectivity index (χ1v) is 10.2. The maximum Gasteiger partial charge on any atom is 0.192 e. The zero-order chi connectivity index (χ0) is 14.0. The van der Waals surface area contributed by atoms with E-state index in [1.54, 1.807) is 0 Å². The minimum atomic E-state index is -1.80. The first-order valence-electron chi connectivity index (χ1n) is 7.32. The molecule has 2 atom stereocenters. The van der Waals surface area contributed by atoms with Crippen molar-refractivity contribution in [1.29, 1.82) is 0 Å². The van der Waals surface area contributed by atoms with Crippen LogP contribution >= 0.6 is 0 Å². The Labute approximate surface area is 114 Å². The lowest BCUT2D eigenvalue weighted by Crippen LogP contribution is -2.51. The standard InChI is InChI=1S/C15H30O2Si/c1-7-13-9-8-10-15(13,11-12-16)17-18(5,6)14(2,3)4/h12-13H,7-11H2,1-6H3/t13-,15+/m0/s1. The Bertz CT molecular complexity index is 293. The molecule has 3 heteroatoms. The van der Waals surface area contributed by atoms with Gasteiger partial charge in [0.15, 0.2) is 8.32 Å². The van der Waals surface area contributed by atoms with Crippen molar-refractivity contribution in [2.24, 2.45) is 5.92 Å². The predicted molar refractivity (Wildman–Crippen MR) is 79.3 cm³/mol. The Kier molecular flexibility index (Phi) is 4.82. The summed E-state index contributed by atoms with van der Waals surface area (Å²) in [5.74, 6) is 0.567. The SMILES string of the molecule is CC[C@H]1CCC[C@]1(CC=O)O[Si](C)(C)C(C)(C)C. The van der Waals surface area contributed by atoms with Crippen LogP contribution in [0.25, 0.3) is 0 Å². The van der Waals surface area contributed by atoms with E-state index in [0.29, 0.717) is 12.3 Å². The summed E-state index contributed by atoms with van der Waals surface area (Å²) >= 11 is 0. The molecule has 106 valence electrons. The van der Waals surface area contributed by atoms with Gasteiger partial charge in [-0.15, -0.1) is 0 Å². The summed E-state index contributed by atoms with van der Waals surface area (Å²) in [7, 11) is -1.80. The molecule has 0 amide bonds. The third-order valence-corrected chi connectivity index (χ3v) is 9.61. The van der Waals surface area contributed by atoms with Crippen molar-refractivity contribution < 1.29 is 9.22 Å². The lowest BCUT2D eigenvalue weighted by molar-refractivity contribution is -0.113. The van der Waals surface area contributed by atoms with E-state index in [9.17, 15) is 4.79 Å². The highest BCUT2D eigenvalue weighted by atomic mass is 28.4. The number of aldehydes is 1. The van der Waals surface area contributed by atoms with E-state index in [1.807, 2.05) is 0 Å². The van der Waals surface area contributed by atoms with Crippen LogP contribution in [0.5, 0.6) is 0 Å². The molecule has 2 nitrogen and oxygen atoms in total. The topological polar surface area (TPSA) is 26.3 Å². The molecule has 0 heterocycles. The molecular weight excluding hydrogens is 240 g/mol. The van der Waals surface area contributed by atoms with Gasteiger partial charge < -0.3 is 9.22 Å². The first-order chi connectivity index (χ1) is 8.18. The Morgan fingerprint density at radius 1 is 1.39 bits per heavy atom. The van der Waals surface area contributed by atoms with Crippen LogP contribution in [-0.4, -0.2) is 20.2 Å². The van der Waals surface area contributed by atoms with Gasteiger partial charge in [0.2, 0.25) is 0 Å². The quantitative estimate of drug-likeness (QED) is 0.541. The van der Waals surface area contributed by atoms with Gasteiger partial charge in [-0.2, -0.15) is 0 Å². The molecule has 1 aliphatic rings. The molecular formula is C15H30O2Si. The molecule has 0 bridgehead atoms. The first kappa shape index (κ1) is 15.9. The van der Waals surface area contributed by atoms with E-state index >= 15 is 0 Å². The van der Waals surface area contributed by atoms with Gasteiger partial charge in [-0.1, -0.05) is 40.5 Å². The molecule has 1 fully saturated rings. The summed E-state index contributed by atoms with van der Waals surface area (Å²) in [6.07, 6.45) is 6.28. The van der Waals surface area contributed by atoms with Crippen molar-refractivity contribution in [2.75, 3.05) is 0 Å². The molecule has 0 aliphatic heterocycles. The molecule has 0 aromatic heterocycles. The van der Waals surface area contributed by atoms with Gasteiger partial charge in [0, 0.05) is 6.42 Å². The van der Waals surface area contributed by atoms with Crippen LogP contribution in [0, 0.1) is 5.92 Å². The number of carbonyl (C=O) groups is 1. The highest BCUT2D eigenvalue weighted by Gasteiger charge is 2.49. The molecule has 0 N–H and O–H groups in total. The Morgan fingerprint density at radius 2 is 2.00 bits per heavy atom. The zero-order valence-corrected chi connectivity index (χ0v) is 14.0. The van der Waals surface area contributed by atoms with Gasteiger partial charge in [0.05, 0.1) is 5.60 Å². The van der Waals surface area contributed by atoms with Crippen LogP contribution in [0.3, 0.4) is 0 Å². The molecule has 0 aromatic carbocycles. The van der Waals surface area contributed by atoms with Crippen LogP contribution < -0.4 is 0 Å². The second kappa shape index (κ2) is 5.46. The average Bonchev–Trinajstić information content (AvgIpc) is 2.58. The van der Waals surface area contributed by atoms with Gasteiger partial charge in [0.25, 0.3) is 0 Å². The fourth-order valence-corrected chi connectivity index (χ4v) is 4.61. The molecule has 0 saturated heterocycles. The summed E-state index contributed by atoms with van der Waals surface area (Å²) in [6, 6.07) is 0. The summed E-state index contributed by atoms with van der Waals surface area (Å²) in [5.41, 5.74) is -0.153. The number of carbonyl (C=O) groups excluding carboxylic acids is 1. The van der Waals surface area contributed by atoms with E-state index in [4.69, 9.17) is 4.43 Å². The van der Waals surface area contributed by atoms with Gasteiger partial charge in [-0.3, -0.25) is 0 Å². The smallest absolute Gasteiger partial charge is 0.192 e. The highest BCUT2D eigenvalue weighted by molar-refractivity contribution is 6.74. The van der Waals surface area contributed by atoms with Crippen LogP contribution in [0.15, 0.2) is 0 Å². The Balaban J connectivity index is 2.96. The lowest BCUT2D eigenvalue weighted by Gasteiger charge is -2.46. The van der Waals surface area contributed by atoms with Crippen molar-refractivity contribution in [2.45, 2.75) is 83.5 Å². The van der Waals surface area contributed by atoms with E-state index in [1.165, 1.54) is 12.8 Å². The molecule has 18 heavy (non-hydrogen) atoms. The van der Waals surface area contributed by atoms with Gasteiger partial charge in [-0.25, -0.2) is 0 Å². The largest absolute Gasteiger partial charge is 0.411 e. The molecule has 1 rings (SSSR count). The van der Waals surface area contributed by atoms with Crippen LogP contribution in [0.2, 0.25) is 18.1 Å². The van der Waals surface area contributed by atoms with Crippen molar-refractivity contribution in [1.82, 2.24) is 0 Å². The normalized spacial score (nSPS) is 29.6. The van der Waals surface area contributed by atoms with E-state index in [2.05, 4.69) is 40.8 Å². The summed E-state index contributed by atoms with van der Waals surface area (Å²) in [4.78, 5) is 11.1. The van der Waals surface area contributed by atoms with Crippen LogP contribution in [0.1, 0.15) is 59.8 Å². The molecule has 0 spiro atoms. The Hall–Kier alpha value is -0.153. The molecule has 0 aromatic rings. The van der Waals surface area contributed by atoms with E-state index in [0.717, 1.165) is 19.1 Å². The van der Waals surface area contributed by atoms with Gasteiger partial charge in [0.1, 0.15) is 6.29 Å². The van der Waals surface area contributed by atoms with Crippen molar-refractivity contribution in [3.8, 4) is 0 Å². The van der Waals surface area contributed by atoms with E-state index in [-0.39, 0.29) is 10.6 Å². The summed E-state index contributed by atoms with van der Waals surface area (Å²) < 4.78 is 6.70. The van der Waals surface area contributed by atoms with Crippen molar-refractivity contribution in [3.05, 3.63) is 0 Å². The maximum atomic E-state index is 11.1. The van der Waals surface area contributed by atoms with E-state index < -0.39 is 8.32 Å².